The zero-order valence-corrected chi connectivity index (χ0v) is 11.6. The van der Waals surface area contributed by atoms with Gasteiger partial charge < -0.3 is 5.32 Å². The minimum atomic E-state index is 0.657. The van der Waals surface area contributed by atoms with E-state index in [1.165, 1.54) is 38.6 Å². The Morgan fingerprint density at radius 2 is 1.93 bits per heavy atom. The summed E-state index contributed by atoms with van der Waals surface area (Å²) in [6, 6.07) is 0.657. The predicted molar refractivity (Wildman–Crippen MR) is 69.2 cm³/mol. The maximum atomic E-state index is 3.61. The molecule has 0 bridgehead atoms. The van der Waals surface area contributed by atoms with E-state index < -0.39 is 0 Å². The molecule has 14 heavy (non-hydrogen) atoms. The quantitative estimate of drug-likeness (QED) is 0.621. The van der Waals surface area contributed by atoms with Gasteiger partial charge in [0.2, 0.25) is 0 Å². The SMILES string of the molecule is CCCCC(CC)CNC(C)CCBr. The molecule has 0 radical (unpaired) electrons. The monoisotopic (exact) mass is 263 g/mol. The third-order valence-electron chi connectivity index (χ3n) is 2.84. The molecule has 0 aromatic rings. The van der Waals surface area contributed by atoms with E-state index in [1.807, 2.05) is 0 Å². The molecule has 2 unspecified atom stereocenters. The van der Waals surface area contributed by atoms with Gasteiger partial charge in [0.15, 0.2) is 0 Å². The first kappa shape index (κ1) is 14.4. The van der Waals surface area contributed by atoms with Crippen molar-refractivity contribution in [3.05, 3.63) is 0 Å². The number of alkyl halides is 1. The van der Waals surface area contributed by atoms with Crippen LogP contribution in [-0.4, -0.2) is 17.9 Å². The molecule has 0 saturated carbocycles. The van der Waals surface area contributed by atoms with Gasteiger partial charge >= 0.3 is 0 Å². The Hall–Kier alpha value is 0.440. The normalized spacial score (nSPS) is 15.4. The first-order valence-electron chi connectivity index (χ1n) is 6.03. The predicted octanol–water partition coefficient (Wildman–Crippen LogP) is 3.97. The van der Waals surface area contributed by atoms with Crippen LogP contribution in [0, 0.1) is 5.92 Å². The van der Waals surface area contributed by atoms with Crippen molar-refractivity contribution in [2.45, 2.75) is 58.9 Å². The van der Waals surface area contributed by atoms with Crippen LogP contribution in [0.5, 0.6) is 0 Å². The van der Waals surface area contributed by atoms with Gasteiger partial charge in [-0.05, 0) is 32.2 Å². The van der Waals surface area contributed by atoms with Gasteiger partial charge in [-0.1, -0.05) is 49.0 Å². The van der Waals surface area contributed by atoms with Crippen LogP contribution in [0.3, 0.4) is 0 Å². The molecule has 2 atom stereocenters. The highest BCUT2D eigenvalue weighted by atomic mass is 79.9. The lowest BCUT2D eigenvalue weighted by Crippen LogP contribution is -2.31. The molecule has 0 aromatic carbocycles. The largest absolute Gasteiger partial charge is 0.314 e. The summed E-state index contributed by atoms with van der Waals surface area (Å²) in [6.45, 7) is 8.04. The summed E-state index contributed by atoms with van der Waals surface area (Å²) < 4.78 is 0. The molecule has 0 rings (SSSR count). The number of hydrogen-bond donors (Lipinski definition) is 1. The number of halogens is 1. The second kappa shape index (κ2) is 9.97. The van der Waals surface area contributed by atoms with Crippen molar-refractivity contribution in [1.82, 2.24) is 5.32 Å². The maximum Gasteiger partial charge on any atom is 0.00467 e. The van der Waals surface area contributed by atoms with Gasteiger partial charge in [-0.2, -0.15) is 0 Å². The second-order valence-electron chi connectivity index (χ2n) is 4.20. The minimum absolute atomic E-state index is 0.657. The molecule has 2 heteroatoms. The van der Waals surface area contributed by atoms with Crippen LogP contribution >= 0.6 is 15.9 Å². The first-order valence-corrected chi connectivity index (χ1v) is 7.16. The van der Waals surface area contributed by atoms with E-state index in [0.717, 1.165) is 11.2 Å². The summed E-state index contributed by atoms with van der Waals surface area (Å²) >= 11 is 3.48. The van der Waals surface area contributed by atoms with Crippen molar-refractivity contribution in [1.29, 1.82) is 0 Å². The van der Waals surface area contributed by atoms with Crippen molar-refractivity contribution in [3.63, 3.8) is 0 Å². The third kappa shape index (κ3) is 7.81. The van der Waals surface area contributed by atoms with Gasteiger partial charge in [0.25, 0.3) is 0 Å². The summed E-state index contributed by atoms with van der Waals surface area (Å²) in [4.78, 5) is 0. The molecular formula is C12H26BrN. The van der Waals surface area contributed by atoms with Crippen LogP contribution in [0.4, 0.5) is 0 Å². The molecule has 0 fully saturated rings. The fourth-order valence-electron chi connectivity index (χ4n) is 1.58. The lowest BCUT2D eigenvalue weighted by Gasteiger charge is -2.19. The van der Waals surface area contributed by atoms with Crippen LogP contribution in [0.25, 0.3) is 0 Å². The first-order chi connectivity index (χ1) is 6.74. The van der Waals surface area contributed by atoms with Crippen molar-refractivity contribution in [2.24, 2.45) is 5.92 Å². The molecule has 1 N–H and O–H groups in total. The molecule has 0 saturated heterocycles. The molecule has 1 nitrogen and oxygen atoms in total. The van der Waals surface area contributed by atoms with Crippen LogP contribution < -0.4 is 5.32 Å². The van der Waals surface area contributed by atoms with E-state index in [9.17, 15) is 0 Å². The van der Waals surface area contributed by atoms with Crippen molar-refractivity contribution < 1.29 is 0 Å². The molecule has 0 aliphatic heterocycles. The molecular weight excluding hydrogens is 238 g/mol. The lowest BCUT2D eigenvalue weighted by atomic mass is 9.99. The summed E-state index contributed by atoms with van der Waals surface area (Å²) in [5.41, 5.74) is 0. The maximum absolute atomic E-state index is 3.61. The molecule has 0 aliphatic carbocycles. The van der Waals surface area contributed by atoms with Gasteiger partial charge in [0.05, 0.1) is 0 Å². The fourth-order valence-corrected chi connectivity index (χ4v) is 2.26. The van der Waals surface area contributed by atoms with Gasteiger partial charge in [-0.15, -0.1) is 0 Å². The Morgan fingerprint density at radius 3 is 2.43 bits per heavy atom. The van der Waals surface area contributed by atoms with Crippen LogP contribution in [-0.2, 0) is 0 Å². The molecule has 86 valence electrons. The van der Waals surface area contributed by atoms with E-state index in [-0.39, 0.29) is 0 Å². The van der Waals surface area contributed by atoms with Crippen LogP contribution in [0.2, 0.25) is 0 Å². The van der Waals surface area contributed by atoms with E-state index in [2.05, 4.69) is 42.0 Å². The highest BCUT2D eigenvalue weighted by Gasteiger charge is 2.07. The van der Waals surface area contributed by atoms with E-state index in [0.29, 0.717) is 6.04 Å². The Morgan fingerprint density at radius 1 is 1.21 bits per heavy atom. The molecule has 0 aromatic heterocycles. The zero-order valence-electron chi connectivity index (χ0n) is 9.98. The fraction of sp³-hybridized carbons (Fsp3) is 1.00. The number of unbranched alkanes of at least 4 members (excludes halogenated alkanes) is 1. The van der Waals surface area contributed by atoms with Crippen molar-refractivity contribution in [2.75, 3.05) is 11.9 Å². The Kier molecular flexibility index (Phi) is 10.3. The number of rotatable bonds is 9. The summed E-state index contributed by atoms with van der Waals surface area (Å²) in [6.07, 6.45) is 6.64. The van der Waals surface area contributed by atoms with Crippen LogP contribution in [0.1, 0.15) is 52.9 Å². The van der Waals surface area contributed by atoms with Crippen molar-refractivity contribution >= 4 is 15.9 Å². The average Bonchev–Trinajstić information content (AvgIpc) is 2.19. The topological polar surface area (TPSA) is 12.0 Å². The smallest absolute Gasteiger partial charge is 0.00467 e. The summed E-state index contributed by atoms with van der Waals surface area (Å²) in [7, 11) is 0. The Labute approximate surface area is 98.2 Å². The summed E-state index contributed by atoms with van der Waals surface area (Å²) in [5, 5.41) is 4.72. The van der Waals surface area contributed by atoms with Crippen molar-refractivity contribution in [3.8, 4) is 0 Å². The standard InChI is InChI=1S/C12H26BrN/c1-4-6-7-12(5-2)10-14-11(3)8-9-13/h11-12,14H,4-10H2,1-3H3. The zero-order chi connectivity index (χ0) is 10.8. The molecule has 0 spiro atoms. The molecule has 0 aliphatic rings. The third-order valence-corrected chi connectivity index (χ3v) is 3.30. The molecule has 0 amide bonds. The van der Waals surface area contributed by atoms with Gasteiger partial charge in [-0.3, -0.25) is 0 Å². The van der Waals surface area contributed by atoms with Gasteiger partial charge in [0.1, 0.15) is 0 Å². The average molecular weight is 264 g/mol. The van der Waals surface area contributed by atoms with Crippen LogP contribution in [0.15, 0.2) is 0 Å². The van der Waals surface area contributed by atoms with E-state index in [1.54, 1.807) is 0 Å². The van der Waals surface area contributed by atoms with Gasteiger partial charge in [0, 0.05) is 11.4 Å². The van der Waals surface area contributed by atoms with E-state index in [4.69, 9.17) is 0 Å². The van der Waals surface area contributed by atoms with Gasteiger partial charge in [-0.25, -0.2) is 0 Å². The highest BCUT2D eigenvalue weighted by molar-refractivity contribution is 9.09. The lowest BCUT2D eigenvalue weighted by molar-refractivity contribution is 0.393. The second-order valence-corrected chi connectivity index (χ2v) is 5.00. The molecule has 0 heterocycles. The number of nitrogens with one attached hydrogen (secondary N) is 1. The highest BCUT2D eigenvalue weighted by Crippen LogP contribution is 2.11. The Balaban J connectivity index is 3.50. The minimum Gasteiger partial charge on any atom is -0.314 e. The Bertz CT molecular complexity index is 117. The number of hydrogen-bond acceptors (Lipinski definition) is 1. The summed E-state index contributed by atoms with van der Waals surface area (Å²) in [5.74, 6) is 0.882. The van der Waals surface area contributed by atoms with E-state index >= 15 is 0 Å².